The normalized spacial score (nSPS) is 37.0. The number of ether oxygens (including phenoxy) is 5. The van der Waals surface area contributed by atoms with Gasteiger partial charge in [0.2, 0.25) is 5.79 Å². The van der Waals surface area contributed by atoms with Crippen LogP contribution in [0.25, 0.3) is 0 Å². The summed E-state index contributed by atoms with van der Waals surface area (Å²) in [5.41, 5.74) is 3.80. The van der Waals surface area contributed by atoms with Gasteiger partial charge in [-0.15, -0.1) is 5.54 Å². The molecule has 0 N–H and O–H groups in total. The molecule has 0 aromatic carbocycles. The van der Waals surface area contributed by atoms with Gasteiger partial charge >= 0.3 is 11.9 Å². The fourth-order valence-corrected chi connectivity index (χ4v) is 6.11. The molecular formula is C30H44O7Si. The number of rotatable bonds is 0. The lowest BCUT2D eigenvalue weighted by molar-refractivity contribution is -0.218. The van der Waals surface area contributed by atoms with E-state index in [1.54, 1.807) is 13.8 Å². The first kappa shape index (κ1) is 28.9. The van der Waals surface area contributed by atoms with Crippen molar-refractivity contribution in [3.63, 3.8) is 0 Å². The van der Waals surface area contributed by atoms with Crippen molar-refractivity contribution < 1.29 is 33.3 Å². The highest BCUT2D eigenvalue weighted by molar-refractivity contribution is 6.83. The number of allylic oxidation sites excluding steroid dienone is 1. The van der Waals surface area contributed by atoms with Crippen LogP contribution in [0.15, 0.2) is 23.5 Å². The molecule has 38 heavy (non-hydrogen) atoms. The van der Waals surface area contributed by atoms with E-state index in [1.807, 2.05) is 6.92 Å². The Morgan fingerprint density at radius 3 is 2.34 bits per heavy atom. The number of carbonyl (C=O) groups excluding carboxylic acids is 2. The predicted octanol–water partition coefficient (Wildman–Crippen LogP) is 5.45. The van der Waals surface area contributed by atoms with Crippen molar-refractivity contribution in [3.05, 3.63) is 23.5 Å². The molecule has 1 fully saturated rings. The molecule has 0 radical (unpaired) electrons. The Balaban J connectivity index is 1.65. The van der Waals surface area contributed by atoms with E-state index in [0.717, 1.165) is 25.7 Å². The molecule has 4 aliphatic heterocycles. The minimum Gasteiger partial charge on any atom is -0.456 e. The van der Waals surface area contributed by atoms with Crippen LogP contribution in [0, 0.1) is 23.3 Å². The Morgan fingerprint density at radius 2 is 1.63 bits per heavy atom. The number of carbonyl (C=O) groups is 2. The monoisotopic (exact) mass is 544 g/mol. The first-order valence-electron chi connectivity index (χ1n) is 14.1. The second kappa shape index (κ2) is 11.6. The van der Waals surface area contributed by atoms with Crippen molar-refractivity contribution in [1.29, 1.82) is 0 Å². The minimum absolute atomic E-state index is 0.0369. The van der Waals surface area contributed by atoms with Crippen LogP contribution < -0.4 is 0 Å². The van der Waals surface area contributed by atoms with Gasteiger partial charge in [0.15, 0.2) is 6.10 Å². The average molecular weight is 545 g/mol. The van der Waals surface area contributed by atoms with Gasteiger partial charge in [0, 0.05) is 32.6 Å². The highest BCUT2D eigenvalue weighted by Gasteiger charge is 2.45. The summed E-state index contributed by atoms with van der Waals surface area (Å²) in [6.45, 7) is 14.2. The van der Waals surface area contributed by atoms with Gasteiger partial charge in [-0.25, -0.2) is 4.79 Å². The van der Waals surface area contributed by atoms with Gasteiger partial charge in [0.25, 0.3) is 0 Å². The zero-order chi connectivity index (χ0) is 27.7. The molecule has 0 amide bonds. The summed E-state index contributed by atoms with van der Waals surface area (Å²) in [5, 5.41) is 0. The third-order valence-electron chi connectivity index (χ3n) is 7.33. The first-order chi connectivity index (χ1) is 17.8. The topological polar surface area (TPSA) is 80.3 Å². The van der Waals surface area contributed by atoms with Crippen LogP contribution in [0.2, 0.25) is 19.6 Å². The average Bonchev–Trinajstić information content (AvgIpc) is 2.78. The summed E-state index contributed by atoms with van der Waals surface area (Å²) < 4.78 is 30.5. The largest absolute Gasteiger partial charge is 0.456 e. The minimum atomic E-state index is -1.66. The van der Waals surface area contributed by atoms with Gasteiger partial charge in [-0.05, 0) is 31.6 Å². The second-order valence-corrected chi connectivity index (χ2v) is 17.6. The van der Waals surface area contributed by atoms with E-state index in [1.165, 1.54) is 0 Å². The summed E-state index contributed by atoms with van der Waals surface area (Å²) in [4.78, 5) is 26.2. The van der Waals surface area contributed by atoms with E-state index in [0.29, 0.717) is 30.1 Å². The van der Waals surface area contributed by atoms with Gasteiger partial charge in [-0.1, -0.05) is 51.6 Å². The lowest BCUT2D eigenvalue weighted by Gasteiger charge is -2.42. The van der Waals surface area contributed by atoms with Crippen molar-refractivity contribution in [2.24, 2.45) is 11.8 Å². The summed E-state index contributed by atoms with van der Waals surface area (Å²) in [7, 11) is -1.66. The Hall–Kier alpha value is -2.08. The maximum absolute atomic E-state index is 13.2. The SMILES string of the molecule is C[C@H]1/C=C/[C@H](C)[C@H](C#C[Si](C)(C)C)OC(=O)C[C@@H]2CC3=C(C(=O)OC(C)(C)O3)[C@H](C[C@@H]3CCC[C@H](C1)O3)O2. The van der Waals surface area contributed by atoms with E-state index in [9.17, 15) is 9.59 Å². The lowest BCUT2D eigenvalue weighted by atomic mass is 9.90. The van der Waals surface area contributed by atoms with Crippen molar-refractivity contribution in [2.75, 3.05) is 0 Å². The van der Waals surface area contributed by atoms with Crippen LogP contribution in [0.4, 0.5) is 0 Å². The number of hydrogen-bond donors (Lipinski definition) is 0. The Morgan fingerprint density at radius 1 is 0.921 bits per heavy atom. The third kappa shape index (κ3) is 7.74. The van der Waals surface area contributed by atoms with Crippen molar-refractivity contribution in [3.8, 4) is 11.5 Å². The van der Waals surface area contributed by atoms with E-state index in [2.05, 4.69) is 50.2 Å². The summed E-state index contributed by atoms with van der Waals surface area (Å²) >= 11 is 0. The molecule has 0 unspecified atom stereocenters. The molecule has 0 aliphatic carbocycles. The first-order valence-corrected chi connectivity index (χ1v) is 17.6. The van der Waals surface area contributed by atoms with Gasteiger partial charge < -0.3 is 23.7 Å². The molecule has 0 aromatic rings. The Kier molecular flexibility index (Phi) is 8.80. The molecule has 7 atom stereocenters. The molecule has 0 saturated carbocycles. The molecule has 4 heterocycles. The quantitative estimate of drug-likeness (QED) is 0.174. The van der Waals surface area contributed by atoms with Crippen LogP contribution in [-0.2, 0) is 33.3 Å². The van der Waals surface area contributed by atoms with E-state index >= 15 is 0 Å². The Bertz CT molecular complexity index is 1030. The number of cyclic esters (lactones) is 2. The Labute approximate surface area is 228 Å². The van der Waals surface area contributed by atoms with Crippen LogP contribution in [-0.4, -0.2) is 56.3 Å². The molecule has 1 saturated heterocycles. The number of fused-ring (bicyclic) bond motifs is 5. The molecule has 0 spiro atoms. The molecule has 4 aliphatic rings. The fourth-order valence-electron chi connectivity index (χ4n) is 5.53. The molecule has 8 heteroatoms. The van der Waals surface area contributed by atoms with Crippen molar-refractivity contribution in [1.82, 2.24) is 0 Å². The molecular weight excluding hydrogens is 500 g/mol. The maximum atomic E-state index is 13.2. The highest BCUT2D eigenvalue weighted by atomic mass is 28.3. The zero-order valence-corrected chi connectivity index (χ0v) is 25.0. The summed E-state index contributed by atoms with van der Waals surface area (Å²) in [5.74, 6) is 2.23. The zero-order valence-electron chi connectivity index (χ0n) is 24.0. The third-order valence-corrected chi connectivity index (χ3v) is 8.23. The lowest BCUT2D eigenvalue weighted by Crippen LogP contribution is -2.46. The van der Waals surface area contributed by atoms with Crippen LogP contribution in [0.3, 0.4) is 0 Å². The van der Waals surface area contributed by atoms with Crippen LogP contribution >= 0.6 is 0 Å². The standard InChI is InChI=1S/C30H44O7Si/c1-19-11-12-20(2)24(13-14-38(5,6)7)35-27(31)18-23-17-26-28(29(32)37-30(3,4)36-26)25(34-23)16-22-10-8-9-21(15-19)33-22/h11-12,19-25H,8-10,15-18H2,1-7H3/b12-11+/t19-,20-,21+,22-,23-,24-,25-/m0/s1. The van der Waals surface area contributed by atoms with E-state index in [-0.39, 0.29) is 30.5 Å². The van der Waals surface area contributed by atoms with Crippen LogP contribution in [0.5, 0.6) is 0 Å². The molecule has 7 nitrogen and oxygen atoms in total. The van der Waals surface area contributed by atoms with Crippen LogP contribution in [0.1, 0.15) is 72.6 Å². The summed E-state index contributed by atoms with van der Waals surface area (Å²) in [6, 6.07) is 0. The predicted molar refractivity (Wildman–Crippen MR) is 146 cm³/mol. The fraction of sp³-hybridized carbons (Fsp3) is 0.733. The van der Waals surface area contributed by atoms with E-state index in [4.69, 9.17) is 23.7 Å². The smallest absolute Gasteiger partial charge is 0.343 e. The van der Waals surface area contributed by atoms with Gasteiger partial charge in [0.05, 0.1) is 30.8 Å². The van der Waals surface area contributed by atoms with Gasteiger partial charge in [0.1, 0.15) is 19.4 Å². The molecule has 0 aromatic heterocycles. The molecule has 4 rings (SSSR count). The number of esters is 2. The van der Waals surface area contributed by atoms with Gasteiger partial charge in [-0.3, -0.25) is 4.79 Å². The number of hydrogen-bond acceptors (Lipinski definition) is 7. The maximum Gasteiger partial charge on any atom is 0.343 e. The van der Waals surface area contributed by atoms with E-state index < -0.39 is 38.1 Å². The summed E-state index contributed by atoms with van der Waals surface area (Å²) in [6.07, 6.45) is 7.67. The second-order valence-electron chi connectivity index (χ2n) is 12.8. The van der Waals surface area contributed by atoms with Crippen molar-refractivity contribution >= 4 is 20.0 Å². The highest BCUT2D eigenvalue weighted by Crippen LogP contribution is 2.39. The van der Waals surface area contributed by atoms with Gasteiger partial charge in [-0.2, -0.15) is 0 Å². The van der Waals surface area contributed by atoms with Crippen molar-refractivity contribution in [2.45, 2.75) is 129 Å². The molecule has 210 valence electrons. The molecule has 4 bridgehead atoms.